The second-order valence-electron chi connectivity index (χ2n) is 5.76. The lowest BCUT2D eigenvalue weighted by molar-refractivity contribution is -0.137. The van der Waals surface area contributed by atoms with E-state index >= 15 is 0 Å². The summed E-state index contributed by atoms with van der Waals surface area (Å²) < 4.78 is 38.0. The van der Waals surface area contributed by atoms with E-state index in [0.717, 1.165) is 11.8 Å². The van der Waals surface area contributed by atoms with Crippen LogP contribution >= 0.6 is 11.8 Å². The fourth-order valence-electron chi connectivity index (χ4n) is 2.73. The molecule has 1 aromatic rings. The summed E-state index contributed by atoms with van der Waals surface area (Å²) in [6.45, 7) is 0. The molecule has 1 atom stereocenters. The van der Waals surface area contributed by atoms with E-state index in [1.165, 1.54) is 44.2 Å². The lowest BCUT2D eigenvalue weighted by Crippen LogP contribution is -2.27. The van der Waals surface area contributed by atoms with E-state index < -0.39 is 11.7 Å². The molecule has 0 amide bonds. The summed E-state index contributed by atoms with van der Waals surface area (Å²) in [5.41, 5.74) is 6.16. The molecule has 2 N–H and O–H groups in total. The molecule has 1 nitrogen and oxygen atoms in total. The van der Waals surface area contributed by atoms with Crippen molar-refractivity contribution in [2.24, 2.45) is 5.73 Å². The van der Waals surface area contributed by atoms with E-state index in [2.05, 4.69) is 0 Å². The Morgan fingerprint density at radius 2 is 1.90 bits per heavy atom. The van der Waals surface area contributed by atoms with Gasteiger partial charge in [-0.3, -0.25) is 0 Å². The van der Waals surface area contributed by atoms with Crippen LogP contribution in [0.5, 0.6) is 0 Å². The molecule has 1 aliphatic carbocycles. The molecule has 21 heavy (non-hydrogen) atoms. The molecule has 0 saturated heterocycles. The first kappa shape index (κ1) is 16.7. The Morgan fingerprint density at radius 3 is 2.57 bits per heavy atom. The SMILES string of the molecule is NC(CSC1CCCCC1)Cc1cccc(C(F)(F)F)c1. The normalized spacial score (nSPS) is 18.7. The van der Waals surface area contributed by atoms with Gasteiger partial charge in [0.05, 0.1) is 5.56 Å². The maximum Gasteiger partial charge on any atom is 0.416 e. The third-order valence-corrected chi connectivity index (χ3v) is 5.41. The summed E-state index contributed by atoms with van der Waals surface area (Å²) >= 11 is 1.89. The molecule has 1 fully saturated rings. The standard InChI is InChI=1S/C16H22F3NS/c17-16(18,19)13-6-4-5-12(9-13)10-14(20)11-21-15-7-2-1-3-8-15/h4-6,9,14-15H,1-3,7-8,10-11,20H2. The zero-order valence-corrected chi connectivity index (χ0v) is 12.8. The molecule has 0 aliphatic heterocycles. The van der Waals surface area contributed by atoms with Gasteiger partial charge < -0.3 is 5.73 Å². The van der Waals surface area contributed by atoms with Crippen molar-refractivity contribution >= 4 is 11.8 Å². The predicted octanol–water partition coefficient (Wildman–Crippen LogP) is 4.64. The van der Waals surface area contributed by atoms with Gasteiger partial charge in [0, 0.05) is 17.0 Å². The van der Waals surface area contributed by atoms with Crippen LogP contribution in [0.1, 0.15) is 43.2 Å². The van der Waals surface area contributed by atoms with Crippen LogP contribution in [0.4, 0.5) is 13.2 Å². The number of nitrogens with two attached hydrogens (primary N) is 1. The highest BCUT2D eigenvalue weighted by Gasteiger charge is 2.30. The molecule has 1 unspecified atom stereocenters. The van der Waals surface area contributed by atoms with Crippen LogP contribution in [0.15, 0.2) is 24.3 Å². The molecule has 0 aromatic heterocycles. The maximum atomic E-state index is 12.7. The summed E-state index contributed by atoms with van der Waals surface area (Å²) in [7, 11) is 0. The van der Waals surface area contributed by atoms with Gasteiger partial charge in [-0.15, -0.1) is 0 Å². The van der Waals surface area contributed by atoms with Gasteiger partial charge in [0.2, 0.25) is 0 Å². The summed E-state index contributed by atoms with van der Waals surface area (Å²) in [5, 5.41) is 0.686. The predicted molar refractivity (Wildman–Crippen MR) is 82.5 cm³/mol. The molecule has 2 rings (SSSR count). The Balaban J connectivity index is 1.83. The van der Waals surface area contributed by atoms with Crippen LogP contribution in [-0.4, -0.2) is 17.0 Å². The van der Waals surface area contributed by atoms with E-state index in [0.29, 0.717) is 17.2 Å². The second-order valence-corrected chi connectivity index (χ2v) is 7.09. The van der Waals surface area contributed by atoms with Crippen molar-refractivity contribution in [2.45, 2.75) is 56.0 Å². The number of halogens is 3. The van der Waals surface area contributed by atoms with E-state index in [9.17, 15) is 13.2 Å². The van der Waals surface area contributed by atoms with Crippen molar-refractivity contribution in [3.8, 4) is 0 Å². The zero-order valence-electron chi connectivity index (χ0n) is 12.0. The molecule has 0 heterocycles. The first-order valence-corrected chi connectivity index (χ1v) is 8.53. The third-order valence-electron chi connectivity index (χ3n) is 3.85. The van der Waals surface area contributed by atoms with Crippen molar-refractivity contribution in [1.29, 1.82) is 0 Å². The van der Waals surface area contributed by atoms with Crippen molar-refractivity contribution in [3.05, 3.63) is 35.4 Å². The van der Waals surface area contributed by atoms with Crippen LogP contribution in [-0.2, 0) is 12.6 Å². The number of hydrogen-bond donors (Lipinski definition) is 1. The van der Waals surface area contributed by atoms with Gasteiger partial charge in [-0.2, -0.15) is 24.9 Å². The number of alkyl halides is 3. The van der Waals surface area contributed by atoms with Crippen LogP contribution in [0.3, 0.4) is 0 Å². The van der Waals surface area contributed by atoms with Gasteiger partial charge in [0.15, 0.2) is 0 Å². The average molecular weight is 317 g/mol. The fourth-order valence-corrected chi connectivity index (χ4v) is 4.03. The van der Waals surface area contributed by atoms with Crippen molar-refractivity contribution in [1.82, 2.24) is 0 Å². The van der Waals surface area contributed by atoms with E-state index in [-0.39, 0.29) is 6.04 Å². The minimum Gasteiger partial charge on any atom is -0.327 e. The van der Waals surface area contributed by atoms with E-state index in [1.54, 1.807) is 6.07 Å². The van der Waals surface area contributed by atoms with Crippen molar-refractivity contribution < 1.29 is 13.2 Å². The molecule has 5 heteroatoms. The summed E-state index contributed by atoms with van der Waals surface area (Å²) in [5.74, 6) is 0.820. The van der Waals surface area contributed by atoms with Gasteiger partial charge in [-0.25, -0.2) is 0 Å². The molecule has 0 radical (unpaired) electrons. The van der Waals surface area contributed by atoms with Gasteiger partial charge in [0.1, 0.15) is 0 Å². The second kappa shape index (κ2) is 7.54. The number of benzene rings is 1. The highest BCUT2D eigenvalue weighted by Crippen LogP contribution is 2.30. The van der Waals surface area contributed by atoms with E-state index in [1.807, 2.05) is 11.8 Å². The van der Waals surface area contributed by atoms with E-state index in [4.69, 9.17) is 5.73 Å². The minimum absolute atomic E-state index is 0.0830. The Labute approximate surface area is 128 Å². The Kier molecular flexibility index (Phi) is 5.99. The fraction of sp³-hybridized carbons (Fsp3) is 0.625. The Bertz CT molecular complexity index is 441. The zero-order chi connectivity index (χ0) is 15.3. The molecule has 0 bridgehead atoms. The molecular formula is C16H22F3NS. The largest absolute Gasteiger partial charge is 0.416 e. The average Bonchev–Trinajstić information content (AvgIpc) is 2.46. The lowest BCUT2D eigenvalue weighted by Gasteiger charge is -2.22. The van der Waals surface area contributed by atoms with Gasteiger partial charge in [-0.05, 0) is 30.9 Å². The van der Waals surface area contributed by atoms with Gasteiger partial charge in [0.25, 0.3) is 0 Å². The number of thioether (sulfide) groups is 1. The lowest BCUT2D eigenvalue weighted by atomic mass is 10.0. The summed E-state index contributed by atoms with van der Waals surface area (Å²) in [4.78, 5) is 0. The minimum atomic E-state index is -4.28. The number of rotatable bonds is 5. The third kappa shape index (κ3) is 5.55. The smallest absolute Gasteiger partial charge is 0.327 e. The van der Waals surface area contributed by atoms with Crippen LogP contribution in [0.25, 0.3) is 0 Å². The molecule has 0 spiro atoms. The van der Waals surface area contributed by atoms with Crippen LogP contribution in [0.2, 0.25) is 0 Å². The molecule has 1 aromatic carbocycles. The molecular weight excluding hydrogens is 295 g/mol. The van der Waals surface area contributed by atoms with Gasteiger partial charge in [-0.1, -0.05) is 37.5 Å². The molecule has 118 valence electrons. The summed E-state index contributed by atoms with van der Waals surface area (Å²) in [6.07, 6.45) is 2.64. The highest BCUT2D eigenvalue weighted by atomic mass is 32.2. The van der Waals surface area contributed by atoms with Crippen LogP contribution in [0, 0.1) is 0 Å². The highest BCUT2D eigenvalue weighted by molar-refractivity contribution is 7.99. The van der Waals surface area contributed by atoms with Crippen molar-refractivity contribution in [3.63, 3.8) is 0 Å². The topological polar surface area (TPSA) is 26.0 Å². The quantitative estimate of drug-likeness (QED) is 0.856. The van der Waals surface area contributed by atoms with Crippen LogP contribution < -0.4 is 5.73 Å². The molecule has 1 aliphatic rings. The monoisotopic (exact) mass is 317 g/mol. The van der Waals surface area contributed by atoms with Crippen molar-refractivity contribution in [2.75, 3.05) is 5.75 Å². The number of hydrogen-bond acceptors (Lipinski definition) is 2. The first-order chi connectivity index (χ1) is 9.95. The Morgan fingerprint density at radius 1 is 1.19 bits per heavy atom. The Hall–Kier alpha value is -0.680. The molecule has 1 saturated carbocycles. The maximum absolute atomic E-state index is 12.7. The van der Waals surface area contributed by atoms with Gasteiger partial charge >= 0.3 is 6.18 Å². The first-order valence-electron chi connectivity index (χ1n) is 7.48. The summed E-state index contributed by atoms with van der Waals surface area (Å²) in [6, 6.07) is 5.41.